The molecule has 0 spiro atoms. The van der Waals surface area contributed by atoms with Crippen molar-refractivity contribution in [2.45, 2.75) is 6.61 Å². The number of nitrogens with zero attached hydrogens (tertiary/aromatic N) is 1. The molecular weight excluding hydrogens is 242 g/mol. The number of fused-ring (bicyclic) bond motifs is 2. The highest BCUT2D eigenvalue weighted by atomic mass is 16.5. The van der Waals surface area contributed by atoms with E-state index >= 15 is 0 Å². The summed E-state index contributed by atoms with van der Waals surface area (Å²) < 4.78 is 10.6. The topological polar surface area (TPSA) is 38.8 Å². The molecule has 2 aromatic rings. The van der Waals surface area contributed by atoms with Gasteiger partial charge in [-0.05, 0) is 18.2 Å². The van der Waals surface area contributed by atoms with Crippen molar-refractivity contribution in [2.75, 3.05) is 12.0 Å². The van der Waals surface area contributed by atoms with Crippen molar-refractivity contribution in [3.05, 3.63) is 54.1 Å². The molecule has 1 heterocycles. The second kappa shape index (κ2) is 4.65. The minimum atomic E-state index is -0.426. The van der Waals surface area contributed by atoms with Gasteiger partial charge in [0.1, 0.15) is 12.4 Å². The molecule has 0 saturated heterocycles. The van der Waals surface area contributed by atoms with Crippen LogP contribution in [0.5, 0.6) is 5.75 Å². The maximum absolute atomic E-state index is 12.1. The summed E-state index contributed by atoms with van der Waals surface area (Å²) in [6.45, 7) is 0.431. The first kappa shape index (κ1) is 11.6. The molecule has 0 aromatic heterocycles. The van der Waals surface area contributed by atoms with E-state index < -0.39 is 6.09 Å². The maximum atomic E-state index is 12.1. The highest BCUT2D eigenvalue weighted by Crippen LogP contribution is 2.39. The third kappa shape index (κ3) is 1.91. The van der Waals surface area contributed by atoms with Crippen molar-refractivity contribution in [3.63, 3.8) is 0 Å². The number of amides is 1. The lowest BCUT2D eigenvalue weighted by molar-refractivity contribution is 0.181. The van der Waals surface area contributed by atoms with Crippen molar-refractivity contribution >= 4 is 17.5 Å². The molecule has 4 nitrogen and oxygen atoms in total. The first-order valence-corrected chi connectivity index (χ1v) is 5.99. The second-order valence-electron chi connectivity index (χ2n) is 4.19. The van der Waals surface area contributed by atoms with Gasteiger partial charge in [-0.15, -0.1) is 0 Å². The summed E-state index contributed by atoms with van der Waals surface area (Å²) in [5.41, 5.74) is 2.43. The van der Waals surface area contributed by atoms with Gasteiger partial charge in [-0.2, -0.15) is 0 Å². The van der Waals surface area contributed by atoms with Crippen LogP contribution in [0.4, 0.5) is 16.2 Å². The molecule has 0 bridgehead atoms. The molecule has 1 aliphatic heterocycles. The minimum absolute atomic E-state index is 0.426. The Morgan fingerprint density at radius 1 is 1.11 bits per heavy atom. The largest absolute Gasteiger partial charge is 0.487 e. The smallest absolute Gasteiger partial charge is 0.418 e. The zero-order valence-electron chi connectivity index (χ0n) is 10.5. The van der Waals surface area contributed by atoms with Gasteiger partial charge in [0.2, 0.25) is 0 Å². The van der Waals surface area contributed by atoms with Gasteiger partial charge in [0.25, 0.3) is 0 Å². The van der Waals surface area contributed by atoms with Crippen LogP contribution in [0.2, 0.25) is 0 Å². The fraction of sp³-hybridized carbons (Fsp3) is 0.133. The lowest BCUT2D eigenvalue weighted by Crippen LogP contribution is -2.25. The number of ether oxygens (including phenoxy) is 2. The van der Waals surface area contributed by atoms with Crippen molar-refractivity contribution in [1.29, 1.82) is 0 Å². The Kier molecular flexibility index (Phi) is 2.83. The van der Waals surface area contributed by atoms with Crippen LogP contribution in [0.1, 0.15) is 5.56 Å². The summed E-state index contributed by atoms with van der Waals surface area (Å²) in [6.07, 6.45) is -0.426. The molecular formula is C15H13NO3. The summed E-state index contributed by atoms with van der Waals surface area (Å²) in [6, 6.07) is 15.1. The minimum Gasteiger partial charge on any atom is -0.487 e. The number of rotatable bonds is 0. The van der Waals surface area contributed by atoms with Crippen LogP contribution in [0.25, 0.3) is 0 Å². The number of hydrogen-bond donors (Lipinski definition) is 0. The Morgan fingerprint density at radius 2 is 1.79 bits per heavy atom. The Labute approximate surface area is 111 Å². The van der Waals surface area contributed by atoms with Crippen LogP contribution in [0, 0.1) is 0 Å². The van der Waals surface area contributed by atoms with Crippen LogP contribution in [-0.4, -0.2) is 13.2 Å². The number of benzene rings is 2. The van der Waals surface area contributed by atoms with E-state index in [9.17, 15) is 4.79 Å². The van der Waals surface area contributed by atoms with E-state index in [1.807, 2.05) is 48.5 Å². The van der Waals surface area contributed by atoms with Gasteiger partial charge >= 0.3 is 6.09 Å². The zero-order valence-corrected chi connectivity index (χ0v) is 10.5. The quantitative estimate of drug-likeness (QED) is 0.723. The van der Waals surface area contributed by atoms with E-state index in [2.05, 4.69) is 0 Å². The average molecular weight is 255 g/mol. The number of hydrogen-bond acceptors (Lipinski definition) is 3. The van der Waals surface area contributed by atoms with Crippen LogP contribution >= 0.6 is 0 Å². The standard InChI is InChI=1S/C15H13NO3/c1-18-15(17)16-12-7-3-2-6-11(12)10-19-14-9-5-4-8-13(14)16/h2-9H,10H2,1H3. The molecule has 0 radical (unpaired) electrons. The van der Waals surface area contributed by atoms with Gasteiger partial charge in [-0.25, -0.2) is 9.69 Å². The second-order valence-corrected chi connectivity index (χ2v) is 4.19. The number of carbonyl (C=O) groups is 1. The van der Waals surface area contributed by atoms with Crippen LogP contribution in [0.15, 0.2) is 48.5 Å². The van der Waals surface area contributed by atoms with E-state index in [0.29, 0.717) is 18.0 Å². The summed E-state index contributed by atoms with van der Waals surface area (Å²) in [7, 11) is 1.37. The van der Waals surface area contributed by atoms with Gasteiger partial charge in [0.15, 0.2) is 0 Å². The molecule has 1 aliphatic rings. The van der Waals surface area contributed by atoms with E-state index in [4.69, 9.17) is 9.47 Å². The average Bonchev–Trinajstić information content (AvgIpc) is 2.63. The Bertz CT molecular complexity index is 577. The molecule has 19 heavy (non-hydrogen) atoms. The monoisotopic (exact) mass is 255 g/mol. The SMILES string of the molecule is COC(=O)N1c2ccccc2COc2ccccc21. The molecule has 0 unspecified atom stereocenters. The Hall–Kier alpha value is -2.49. The summed E-state index contributed by atoms with van der Waals surface area (Å²) >= 11 is 0. The van der Waals surface area contributed by atoms with Crippen molar-refractivity contribution < 1.29 is 14.3 Å². The van der Waals surface area contributed by atoms with Gasteiger partial charge in [-0.3, -0.25) is 0 Å². The van der Waals surface area contributed by atoms with E-state index in [1.165, 1.54) is 12.0 Å². The number of carbonyl (C=O) groups excluding carboxylic acids is 1. The third-order valence-electron chi connectivity index (χ3n) is 3.08. The Balaban J connectivity index is 2.22. The van der Waals surface area contributed by atoms with Crippen LogP contribution in [0.3, 0.4) is 0 Å². The lowest BCUT2D eigenvalue weighted by Gasteiger charge is -2.21. The highest BCUT2D eigenvalue weighted by molar-refractivity contribution is 5.98. The first-order chi connectivity index (χ1) is 9.31. The lowest BCUT2D eigenvalue weighted by atomic mass is 10.1. The molecule has 2 aromatic carbocycles. The predicted molar refractivity (Wildman–Crippen MR) is 71.8 cm³/mol. The van der Waals surface area contributed by atoms with E-state index in [1.54, 1.807) is 0 Å². The first-order valence-electron chi connectivity index (χ1n) is 5.99. The summed E-state index contributed by atoms with van der Waals surface area (Å²) in [5, 5.41) is 0. The molecule has 0 aliphatic carbocycles. The van der Waals surface area contributed by atoms with Crippen molar-refractivity contribution in [2.24, 2.45) is 0 Å². The van der Waals surface area contributed by atoms with Gasteiger partial charge in [0.05, 0.1) is 18.5 Å². The highest BCUT2D eigenvalue weighted by Gasteiger charge is 2.26. The van der Waals surface area contributed by atoms with Crippen LogP contribution < -0.4 is 9.64 Å². The molecule has 3 rings (SSSR count). The fourth-order valence-corrected chi connectivity index (χ4v) is 2.19. The molecule has 0 N–H and O–H groups in total. The number of anilines is 2. The van der Waals surface area contributed by atoms with Crippen molar-refractivity contribution in [1.82, 2.24) is 0 Å². The summed E-state index contributed by atoms with van der Waals surface area (Å²) in [4.78, 5) is 13.6. The maximum Gasteiger partial charge on any atom is 0.418 e. The molecule has 1 amide bonds. The van der Waals surface area contributed by atoms with Gasteiger partial charge in [-0.1, -0.05) is 30.3 Å². The summed E-state index contributed by atoms with van der Waals surface area (Å²) in [5.74, 6) is 0.670. The molecule has 96 valence electrons. The third-order valence-corrected chi connectivity index (χ3v) is 3.08. The van der Waals surface area contributed by atoms with Gasteiger partial charge < -0.3 is 9.47 Å². The van der Waals surface area contributed by atoms with Gasteiger partial charge in [0, 0.05) is 5.56 Å². The van der Waals surface area contributed by atoms with Crippen molar-refractivity contribution in [3.8, 4) is 5.75 Å². The van der Waals surface area contributed by atoms with E-state index in [-0.39, 0.29) is 0 Å². The molecule has 0 atom stereocenters. The number of para-hydroxylation sites is 3. The number of methoxy groups -OCH3 is 1. The fourth-order valence-electron chi connectivity index (χ4n) is 2.19. The predicted octanol–water partition coefficient (Wildman–Crippen LogP) is 3.48. The normalized spacial score (nSPS) is 12.8. The molecule has 4 heteroatoms. The van der Waals surface area contributed by atoms with Crippen LogP contribution in [-0.2, 0) is 11.3 Å². The van der Waals surface area contributed by atoms with E-state index in [0.717, 1.165) is 11.3 Å². The molecule has 0 fully saturated rings. The zero-order chi connectivity index (χ0) is 13.2. The molecule has 0 saturated carbocycles. The Morgan fingerprint density at radius 3 is 2.58 bits per heavy atom.